The minimum Gasteiger partial charge on any atom is -0.331 e. The molecular weight excluding hydrogens is 309 g/mol. The zero-order valence-corrected chi connectivity index (χ0v) is 12.9. The molecule has 0 aliphatic rings. The van der Waals surface area contributed by atoms with Crippen LogP contribution in [0, 0.1) is 6.92 Å². The lowest BCUT2D eigenvalue weighted by atomic mass is 10.1. The van der Waals surface area contributed by atoms with E-state index in [1.54, 1.807) is 24.9 Å². The zero-order chi connectivity index (χ0) is 17.2. The summed E-state index contributed by atoms with van der Waals surface area (Å²) in [5.74, 6) is 0. The second kappa shape index (κ2) is 6.31. The largest absolute Gasteiger partial charge is 0.416 e. The van der Waals surface area contributed by atoms with Gasteiger partial charge in [-0.25, -0.2) is 4.79 Å². The van der Waals surface area contributed by atoms with Gasteiger partial charge in [0.2, 0.25) is 0 Å². The van der Waals surface area contributed by atoms with Gasteiger partial charge in [-0.1, -0.05) is 6.07 Å². The summed E-state index contributed by atoms with van der Waals surface area (Å²) in [6.45, 7) is 3.59. The smallest absolute Gasteiger partial charge is 0.331 e. The molecule has 1 unspecified atom stereocenters. The number of amides is 2. The molecule has 2 rings (SSSR count). The number of carbonyl (C=O) groups is 1. The number of anilines is 1. The predicted molar refractivity (Wildman–Crippen MR) is 80.0 cm³/mol. The highest BCUT2D eigenvalue weighted by Gasteiger charge is 2.30. The van der Waals surface area contributed by atoms with Crippen molar-refractivity contribution in [1.82, 2.24) is 15.1 Å². The predicted octanol–water partition coefficient (Wildman–Crippen LogP) is 3.63. The van der Waals surface area contributed by atoms with E-state index in [4.69, 9.17) is 0 Å². The molecule has 2 aromatic rings. The molecule has 0 saturated carbocycles. The average molecular weight is 326 g/mol. The van der Waals surface area contributed by atoms with E-state index in [9.17, 15) is 18.0 Å². The van der Waals surface area contributed by atoms with E-state index in [1.165, 1.54) is 12.1 Å². The topological polar surface area (TPSA) is 59.0 Å². The highest BCUT2D eigenvalue weighted by atomic mass is 19.4. The Balaban J connectivity index is 2.04. The Morgan fingerprint density at radius 3 is 2.61 bits per heavy atom. The molecule has 0 aliphatic carbocycles. The number of aryl methyl sites for hydroxylation is 2. The van der Waals surface area contributed by atoms with Crippen molar-refractivity contribution in [2.75, 3.05) is 5.32 Å². The maximum Gasteiger partial charge on any atom is 0.416 e. The highest BCUT2D eigenvalue weighted by Crippen LogP contribution is 2.30. The van der Waals surface area contributed by atoms with Gasteiger partial charge in [0.25, 0.3) is 0 Å². The van der Waals surface area contributed by atoms with Crippen molar-refractivity contribution in [1.29, 1.82) is 0 Å². The summed E-state index contributed by atoms with van der Waals surface area (Å²) in [5.41, 5.74) is 0.880. The Hall–Kier alpha value is -2.51. The molecule has 0 aliphatic heterocycles. The van der Waals surface area contributed by atoms with Gasteiger partial charge < -0.3 is 10.6 Å². The molecule has 1 atom stereocenters. The minimum atomic E-state index is -4.45. The Kier molecular flexibility index (Phi) is 4.63. The van der Waals surface area contributed by atoms with Crippen LogP contribution >= 0.6 is 0 Å². The van der Waals surface area contributed by atoms with E-state index < -0.39 is 17.8 Å². The van der Waals surface area contributed by atoms with Crippen molar-refractivity contribution in [3.8, 4) is 0 Å². The van der Waals surface area contributed by atoms with Gasteiger partial charge in [-0.15, -0.1) is 0 Å². The molecule has 1 heterocycles. The van der Waals surface area contributed by atoms with Gasteiger partial charge in [0, 0.05) is 24.5 Å². The number of alkyl halides is 3. The number of hydrogen-bond donors (Lipinski definition) is 2. The van der Waals surface area contributed by atoms with Gasteiger partial charge >= 0.3 is 12.2 Å². The Morgan fingerprint density at radius 1 is 1.35 bits per heavy atom. The molecule has 0 saturated heterocycles. The Labute approximate surface area is 131 Å². The summed E-state index contributed by atoms with van der Waals surface area (Å²) in [5, 5.41) is 9.26. The van der Waals surface area contributed by atoms with Crippen molar-refractivity contribution >= 4 is 11.7 Å². The van der Waals surface area contributed by atoms with Crippen LogP contribution in [0.25, 0.3) is 0 Å². The SMILES string of the molecule is Cc1nn(C)cc1C(C)NC(=O)Nc1cccc(C(F)(F)F)c1. The molecule has 0 fully saturated rings. The van der Waals surface area contributed by atoms with Crippen LogP contribution < -0.4 is 10.6 Å². The molecule has 0 bridgehead atoms. The first-order valence-electron chi connectivity index (χ1n) is 6.91. The molecule has 0 radical (unpaired) electrons. The average Bonchev–Trinajstić information content (AvgIpc) is 2.77. The van der Waals surface area contributed by atoms with Crippen molar-refractivity contribution in [3.05, 3.63) is 47.3 Å². The Bertz CT molecular complexity index is 709. The maximum absolute atomic E-state index is 12.6. The second-order valence-corrected chi connectivity index (χ2v) is 5.24. The minimum absolute atomic E-state index is 0.0763. The summed E-state index contributed by atoms with van der Waals surface area (Å²) in [6, 6.07) is 3.57. The van der Waals surface area contributed by atoms with Crippen molar-refractivity contribution in [2.24, 2.45) is 7.05 Å². The van der Waals surface area contributed by atoms with Gasteiger partial charge in [-0.05, 0) is 32.0 Å². The van der Waals surface area contributed by atoms with E-state index in [-0.39, 0.29) is 11.7 Å². The monoisotopic (exact) mass is 326 g/mol. The van der Waals surface area contributed by atoms with Crippen LogP contribution in [0.4, 0.5) is 23.7 Å². The third-order valence-electron chi connectivity index (χ3n) is 3.31. The summed E-state index contributed by atoms with van der Waals surface area (Å²) in [4.78, 5) is 11.9. The highest BCUT2D eigenvalue weighted by molar-refractivity contribution is 5.89. The molecule has 1 aromatic carbocycles. The van der Waals surface area contributed by atoms with Crippen molar-refractivity contribution in [3.63, 3.8) is 0 Å². The number of nitrogens with zero attached hydrogens (tertiary/aromatic N) is 2. The van der Waals surface area contributed by atoms with Crippen LogP contribution in [0.3, 0.4) is 0 Å². The van der Waals surface area contributed by atoms with Crippen molar-refractivity contribution < 1.29 is 18.0 Å². The molecule has 1 aromatic heterocycles. The fourth-order valence-electron chi connectivity index (χ4n) is 2.26. The van der Waals surface area contributed by atoms with Crippen LogP contribution in [-0.2, 0) is 13.2 Å². The van der Waals surface area contributed by atoms with Gasteiger partial charge in [-0.2, -0.15) is 18.3 Å². The number of benzene rings is 1. The van der Waals surface area contributed by atoms with Crippen molar-refractivity contribution in [2.45, 2.75) is 26.1 Å². The molecule has 2 N–H and O–H groups in total. The lowest BCUT2D eigenvalue weighted by Gasteiger charge is -2.15. The molecule has 124 valence electrons. The molecule has 23 heavy (non-hydrogen) atoms. The van der Waals surface area contributed by atoms with Crippen LogP contribution in [0.5, 0.6) is 0 Å². The Morgan fingerprint density at radius 2 is 2.04 bits per heavy atom. The van der Waals surface area contributed by atoms with Gasteiger partial charge in [0.1, 0.15) is 0 Å². The first-order valence-corrected chi connectivity index (χ1v) is 6.91. The lowest BCUT2D eigenvalue weighted by molar-refractivity contribution is -0.137. The number of hydrogen-bond acceptors (Lipinski definition) is 2. The van der Waals surface area contributed by atoms with Gasteiger partial charge in [-0.3, -0.25) is 4.68 Å². The number of halogens is 3. The molecule has 5 nitrogen and oxygen atoms in total. The van der Waals surface area contributed by atoms with E-state index in [2.05, 4.69) is 15.7 Å². The molecular formula is C15H17F3N4O. The quantitative estimate of drug-likeness (QED) is 0.905. The van der Waals surface area contributed by atoms with E-state index in [0.717, 1.165) is 23.4 Å². The van der Waals surface area contributed by atoms with Gasteiger partial charge in [0.05, 0.1) is 17.3 Å². The second-order valence-electron chi connectivity index (χ2n) is 5.24. The van der Waals surface area contributed by atoms with Gasteiger partial charge in [0.15, 0.2) is 0 Å². The summed E-state index contributed by atoms with van der Waals surface area (Å²) in [6.07, 6.45) is -2.67. The standard InChI is InChI=1S/C15H17F3N4O/c1-9(13-8-22(3)21-10(13)2)19-14(23)20-12-6-4-5-11(7-12)15(16,17)18/h4-9H,1-3H3,(H2,19,20,23). The summed E-state index contributed by atoms with van der Waals surface area (Å²) in [7, 11) is 1.77. The number of carbonyl (C=O) groups excluding carboxylic acids is 1. The van der Waals surface area contributed by atoms with E-state index >= 15 is 0 Å². The van der Waals surface area contributed by atoms with Crippen LogP contribution in [0.1, 0.15) is 29.8 Å². The third-order valence-corrected chi connectivity index (χ3v) is 3.31. The number of urea groups is 1. The fraction of sp³-hybridized carbons (Fsp3) is 0.333. The first-order chi connectivity index (χ1) is 10.7. The number of rotatable bonds is 3. The van der Waals surface area contributed by atoms with E-state index in [0.29, 0.717) is 0 Å². The number of nitrogens with one attached hydrogen (secondary N) is 2. The third kappa shape index (κ3) is 4.24. The molecule has 2 amide bonds. The van der Waals surface area contributed by atoms with E-state index in [1.807, 2.05) is 6.92 Å². The maximum atomic E-state index is 12.6. The normalized spacial score (nSPS) is 12.8. The van der Waals surface area contributed by atoms with Crippen LogP contribution in [-0.4, -0.2) is 15.8 Å². The molecule has 8 heteroatoms. The fourth-order valence-corrected chi connectivity index (χ4v) is 2.26. The summed E-state index contributed by atoms with van der Waals surface area (Å²) < 4.78 is 39.6. The lowest BCUT2D eigenvalue weighted by Crippen LogP contribution is -2.31. The summed E-state index contributed by atoms with van der Waals surface area (Å²) >= 11 is 0. The van der Waals surface area contributed by atoms with Crippen LogP contribution in [0.2, 0.25) is 0 Å². The number of aromatic nitrogens is 2. The van der Waals surface area contributed by atoms with Crippen LogP contribution in [0.15, 0.2) is 30.5 Å². The molecule has 0 spiro atoms. The zero-order valence-electron chi connectivity index (χ0n) is 12.9. The first kappa shape index (κ1) is 16.9.